The Morgan fingerprint density at radius 2 is 1.96 bits per heavy atom. The predicted molar refractivity (Wildman–Crippen MR) is 98.8 cm³/mol. The zero-order chi connectivity index (χ0) is 18.6. The molecule has 0 aromatic heterocycles. The molecule has 0 fully saturated rings. The number of fused-ring (bicyclic) bond motifs is 1. The Balaban J connectivity index is 2.24. The average Bonchev–Trinajstić information content (AvgIpc) is 2.66. The minimum atomic E-state index is -0.627. The number of thioether (sulfide) groups is 1. The summed E-state index contributed by atoms with van der Waals surface area (Å²) in [6, 6.07) is 7.08. The summed E-state index contributed by atoms with van der Waals surface area (Å²) in [6.45, 7) is 6.05. The lowest BCUT2D eigenvalue weighted by atomic mass is 10.1. The summed E-state index contributed by atoms with van der Waals surface area (Å²) in [7, 11) is 3.02. The molecular formula is C18H26N2O4S. The van der Waals surface area contributed by atoms with Gasteiger partial charge in [-0.3, -0.25) is 14.5 Å². The summed E-state index contributed by atoms with van der Waals surface area (Å²) in [5.74, 6) is -0.299. The number of nitrogens with one attached hydrogen (secondary N) is 1. The maximum absolute atomic E-state index is 12.9. The second-order valence-corrected chi connectivity index (χ2v) is 8.34. The SMILES string of the molecule is COC(CNC(=O)[C@H](C)N1C(=O)CC(C)(C)Sc2ccccc21)OC. The highest BCUT2D eigenvalue weighted by molar-refractivity contribution is 8.00. The first-order valence-electron chi connectivity index (χ1n) is 8.22. The van der Waals surface area contributed by atoms with Crippen molar-refractivity contribution in [2.24, 2.45) is 0 Å². The second kappa shape index (κ2) is 8.21. The first kappa shape index (κ1) is 19.8. The maximum atomic E-state index is 12.9. The van der Waals surface area contributed by atoms with E-state index >= 15 is 0 Å². The van der Waals surface area contributed by atoms with E-state index in [0.717, 1.165) is 10.6 Å². The van der Waals surface area contributed by atoms with E-state index in [2.05, 4.69) is 5.32 Å². The summed E-state index contributed by atoms with van der Waals surface area (Å²) in [5, 5.41) is 2.78. The minimum Gasteiger partial charge on any atom is -0.354 e. The number of para-hydroxylation sites is 1. The third-order valence-corrected chi connectivity index (χ3v) is 5.35. The monoisotopic (exact) mass is 366 g/mol. The van der Waals surface area contributed by atoms with Crippen LogP contribution in [0.25, 0.3) is 0 Å². The van der Waals surface area contributed by atoms with Crippen LogP contribution in [-0.4, -0.2) is 49.7 Å². The molecule has 0 bridgehead atoms. The van der Waals surface area contributed by atoms with E-state index in [4.69, 9.17) is 9.47 Å². The number of ether oxygens (including phenoxy) is 2. The lowest BCUT2D eigenvalue weighted by Crippen LogP contribution is -2.50. The van der Waals surface area contributed by atoms with Crippen LogP contribution in [0.2, 0.25) is 0 Å². The average molecular weight is 366 g/mol. The van der Waals surface area contributed by atoms with Crippen LogP contribution in [0.5, 0.6) is 0 Å². The largest absolute Gasteiger partial charge is 0.354 e. The molecule has 7 heteroatoms. The van der Waals surface area contributed by atoms with E-state index in [9.17, 15) is 9.59 Å². The van der Waals surface area contributed by atoms with E-state index in [1.807, 2.05) is 38.1 Å². The lowest BCUT2D eigenvalue weighted by molar-refractivity contribution is -0.130. The number of nitrogens with zero attached hydrogens (tertiary/aromatic N) is 1. The van der Waals surface area contributed by atoms with Crippen molar-refractivity contribution in [2.45, 2.75) is 49.2 Å². The van der Waals surface area contributed by atoms with Gasteiger partial charge in [0, 0.05) is 30.3 Å². The Morgan fingerprint density at radius 1 is 1.32 bits per heavy atom. The molecule has 0 saturated heterocycles. The van der Waals surface area contributed by atoms with Gasteiger partial charge in [0.15, 0.2) is 6.29 Å². The molecule has 1 aliphatic rings. The van der Waals surface area contributed by atoms with Gasteiger partial charge in [0.05, 0.1) is 12.2 Å². The van der Waals surface area contributed by atoms with Gasteiger partial charge in [-0.15, -0.1) is 11.8 Å². The molecule has 1 atom stereocenters. The van der Waals surface area contributed by atoms with Crippen LogP contribution in [0, 0.1) is 0 Å². The smallest absolute Gasteiger partial charge is 0.243 e. The van der Waals surface area contributed by atoms with Crippen LogP contribution in [0.15, 0.2) is 29.2 Å². The third-order valence-electron chi connectivity index (χ3n) is 4.09. The summed E-state index contributed by atoms with van der Waals surface area (Å²) < 4.78 is 9.93. The van der Waals surface area contributed by atoms with E-state index in [0.29, 0.717) is 6.42 Å². The molecule has 138 valence electrons. The third kappa shape index (κ3) is 4.74. The Hall–Kier alpha value is -1.57. The molecule has 6 nitrogen and oxygen atoms in total. The van der Waals surface area contributed by atoms with Gasteiger partial charge in [-0.25, -0.2) is 0 Å². The van der Waals surface area contributed by atoms with Gasteiger partial charge < -0.3 is 14.8 Å². The van der Waals surface area contributed by atoms with Crippen molar-refractivity contribution in [3.8, 4) is 0 Å². The fraction of sp³-hybridized carbons (Fsp3) is 0.556. The number of rotatable bonds is 6. The molecule has 0 radical (unpaired) electrons. The molecule has 1 aromatic carbocycles. The van der Waals surface area contributed by atoms with Gasteiger partial charge in [-0.1, -0.05) is 12.1 Å². The van der Waals surface area contributed by atoms with Crippen molar-refractivity contribution in [1.82, 2.24) is 5.32 Å². The molecule has 0 unspecified atom stereocenters. The van der Waals surface area contributed by atoms with Gasteiger partial charge in [-0.05, 0) is 32.9 Å². The Bertz CT molecular complexity index is 631. The summed E-state index contributed by atoms with van der Waals surface area (Å²) in [4.78, 5) is 28.1. The molecule has 2 rings (SSSR count). The normalized spacial score (nSPS) is 17.8. The molecular weight excluding hydrogens is 340 g/mol. The standard InChI is InChI=1S/C18H26N2O4S/c1-12(17(22)19-11-16(23-4)24-5)20-13-8-6-7-9-14(13)25-18(2,3)10-15(20)21/h6-9,12,16H,10-11H2,1-5H3,(H,19,22)/t12-/m0/s1. The highest BCUT2D eigenvalue weighted by Gasteiger charge is 2.37. The van der Waals surface area contributed by atoms with Crippen LogP contribution in [0.4, 0.5) is 5.69 Å². The molecule has 2 amide bonds. The van der Waals surface area contributed by atoms with Crippen molar-refractivity contribution >= 4 is 29.3 Å². The number of carbonyl (C=O) groups excluding carboxylic acids is 2. The number of benzene rings is 1. The molecule has 25 heavy (non-hydrogen) atoms. The fourth-order valence-electron chi connectivity index (χ4n) is 2.80. The van der Waals surface area contributed by atoms with E-state index < -0.39 is 12.3 Å². The molecule has 0 saturated carbocycles. The van der Waals surface area contributed by atoms with Gasteiger partial charge in [0.25, 0.3) is 0 Å². The van der Waals surface area contributed by atoms with Crippen molar-refractivity contribution < 1.29 is 19.1 Å². The molecule has 0 aliphatic carbocycles. The number of hydrogen-bond donors (Lipinski definition) is 1. The highest BCUT2D eigenvalue weighted by atomic mass is 32.2. The number of methoxy groups -OCH3 is 2. The number of anilines is 1. The zero-order valence-corrected chi connectivity index (χ0v) is 16.2. The van der Waals surface area contributed by atoms with Gasteiger partial charge in [0.1, 0.15) is 6.04 Å². The Labute approximate surface area is 153 Å². The molecule has 1 N–H and O–H groups in total. The Kier molecular flexibility index (Phi) is 6.48. The van der Waals surface area contributed by atoms with Gasteiger partial charge >= 0.3 is 0 Å². The highest BCUT2D eigenvalue weighted by Crippen LogP contribution is 2.44. The van der Waals surface area contributed by atoms with Crippen LogP contribution in [0.1, 0.15) is 27.2 Å². The molecule has 0 spiro atoms. The van der Waals surface area contributed by atoms with Crippen molar-refractivity contribution in [3.63, 3.8) is 0 Å². The Morgan fingerprint density at radius 3 is 2.60 bits per heavy atom. The van der Waals surface area contributed by atoms with E-state index in [1.54, 1.807) is 23.6 Å². The van der Waals surface area contributed by atoms with Crippen molar-refractivity contribution in [2.75, 3.05) is 25.7 Å². The molecule has 1 aliphatic heterocycles. The lowest BCUT2D eigenvalue weighted by Gasteiger charge is -2.29. The van der Waals surface area contributed by atoms with Crippen LogP contribution >= 0.6 is 11.8 Å². The fourth-order valence-corrected chi connectivity index (χ4v) is 4.00. The quantitative estimate of drug-likeness (QED) is 0.783. The van der Waals surface area contributed by atoms with Crippen LogP contribution in [-0.2, 0) is 19.1 Å². The maximum Gasteiger partial charge on any atom is 0.243 e. The summed E-state index contributed by atoms with van der Waals surface area (Å²) in [6.07, 6.45) is -0.152. The number of hydrogen-bond acceptors (Lipinski definition) is 5. The first-order valence-corrected chi connectivity index (χ1v) is 9.04. The molecule has 1 heterocycles. The predicted octanol–water partition coefficient (Wildman–Crippen LogP) is 2.42. The first-order chi connectivity index (χ1) is 11.8. The zero-order valence-electron chi connectivity index (χ0n) is 15.4. The van der Waals surface area contributed by atoms with Crippen molar-refractivity contribution in [1.29, 1.82) is 0 Å². The van der Waals surface area contributed by atoms with Gasteiger partial charge in [-0.2, -0.15) is 0 Å². The number of amides is 2. The van der Waals surface area contributed by atoms with Crippen molar-refractivity contribution in [3.05, 3.63) is 24.3 Å². The minimum absolute atomic E-state index is 0.0554. The number of carbonyl (C=O) groups is 2. The summed E-state index contributed by atoms with van der Waals surface area (Å²) in [5.41, 5.74) is 0.778. The van der Waals surface area contributed by atoms with Crippen LogP contribution in [0.3, 0.4) is 0 Å². The van der Waals surface area contributed by atoms with E-state index in [-0.39, 0.29) is 23.1 Å². The summed E-state index contributed by atoms with van der Waals surface area (Å²) >= 11 is 1.66. The van der Waals surface area contributed by atoms with Crippen LogP contribution < -0.4 is 10.2 Å². The van der Waals surface area contributed by atoms with Gasteiger partial charge in [0.2, 0.25) is 11.8 Å². The second-order valence-electron chi connectivity index (χ2n) is 6.59. The molecule has 1 aromatic rings. The topological polar surface area (TPSA) is 67.9 Å². The van der Waals surface area contributed by atoms with E-state index in [1.165, 1.54) is 14.2 Å².